The van der Waals surface area contributed by atoms with E-state index in [1.165, 1.54) is 4.90 Å². The normalized spacial score (nSPS) is 15.9. The molecule has 2 heterocycles. The number of nitrogens with one attached hydrogen (secondary N) is 1. The van der Waals surface area contributed by atoms with Gasteiger partial charge in [-0.25, -0.2) is 0 Å². The van der Waals surface area contributed by atoms with Crippen molar-refractivity contribution in [2.24, 2.45) is 4.99 Å². The molecule has 1 N–H and O–H groups in total. The minimum Gasteiger partial charge on any atom is -0.497 e. The lowest BCUT2D eigenvalue weighted by Crippen LogP contribution is -3.14. The SMILES string of the molecule is COc1ccc2oc(-c3ccc(Cl)cc3)cc(=NCC[NH+]3CCOCC3)c2c1. The Hall–Kier alpha value is -2.34. The van der Waals surface area contributed by atoms with Crippen LogP contribution in [0, 0.1) is 0 Å². The lowest BCUT2D eigenvalue weighted by Gasteiger charge is -2.22. The Morgan fingerprint density at radius 3 is 2.61 bits per heavy atom. The molecule has 0 radical (unpaired) electrons. The van der Waals surface area contributed by atoms with Crippen molar-refractivity contribution in [1.82, 2.24) is 0 Å². The summed E-state index contributed by atoms with van der Waals surface area (Å²) in [7, 11) is 1.67. The number of hydrogen-bond acceptors (Lipinski definition) is 4. The number of ether oxygens (including phenoxy) is 2. The van der Waals surface area contributed by atoms with E-state index in [-0.39, 0.29) is 0 Å². The molecule has 1 aliphatic heterocycles. The van der Waals surface area contributed by atoms with Crippen molar-refractivity contribution < 1.29 is 18.8 Å². The molecule has 4 rings (SSSR count). The van der Waals surface area contributed by atoms with Crippen LogP contribution in [0.4, 0.5) is 0 Å². The molecular weight excluding hydrogens is 376 g/mol. The number of hydrogen-bond donors (Lipinski definition) is 1. The number of nitrogens with zero attached hydrogens (tertiary/aromatic N) is 1. The van der Waals surface area contributed by atoms with Gasteiger partial charge in [-0.1, -0.05) is 11.6 Å². The van der Waals surface area contributed by atoms with Crippen LogP contribution in [-0.4, -0.2) is 46.5 Å². The highest BCUT2D eigenvalue weighted by Gasteiger charge is 2.13. The number of benzene rings is 2. The molecule has 0 aliphatic carbocycles. The number of quaternary nitrogens is 1. The molecule has 1 fully saturated rings. The molecule has 1 aliphatic rings. The number of rotatable bonds is 5. The van der Waals surface area contributed by atoms with Gasteiger partial charge in [0.2, 0.25) is 0 Å². The van der Waals surface area contributed by atoms with E-state index < -0.39 is 0 Å². The molecule has 0 bridgehead atoms. The van der Waals surface area contributed by atoms with Crippen molar-refractivity contribution in [3.8, 4) is 17.1 Å². The summed E-state index contributed by atoms with van der Waals surface area (Å²) in [5, 5.41) is 2.57. The lowest BCUT2D eigenvalue weighted by atomic mass is 10.1. The largest absolute Gasteiger partial charge is 0.497 e. The lowest BCUT2D eigenvalue weighted by molar-refractivity contribution is -0.906. The molecule has 0 atom stereocenters. The van der Waals surface area contributed by atoms with Crippen molar-refractivity contribution >= 4 is 22.6 Å². The second-order valence-electron chi connectivity index (χ2n) is 6.86. The average molecular weight is 400 g/mol. The second kappa shape index (κ2) is 8.78. The van der Waals surface area contributed by atoms with Gasteiger partial charge in [-0.3, -0.25) is 4.99 Å². The first-order valence-electron chi connectivity index (χ1n) is 9.52. The van der Waals surface area contributed by atoms with Gasteiger partial charge in [-0.2, -0.15) is 0 Å². The van der Waals surface area contributed by atoms with E-state index in [1.54, 1.807) is 7.11 Å². The summed E-state index contributed by atoms with van der Waals surface area (Å²) in [4.78, 5) is 6.44. The predicted octanol–water partition coefficient (Wildman–Crippen LogP) is 2.58. The first-order valence-corrected chi connectivity index (χ1v) is 9.90. The quantitative estimate of drug-likeness (QED) is 0.717. The molecule has 0 spiro atoms. The van der Waals surface area contributed by atoms with E-state index in [9.17, 15) is 0 Å². The zero-order valence-electron chi connectivity index (χ0n) is 15.9. The molecule has 2 aromatic carbocycles. The maximum atomic E-state index is 6.14. The average Bonchev–Trinajstić information content (AvgIpc) is 2.74. The number of methoxy groups -OCH3 is 1. The highest BCUT2D eigenvalue weighted by atomic mass is 35.5. The van der Waals surface area contributed by atoms with Crippen LogP contribution in [0.25, 0.3) is 22.3 Å². The zero-order chi connectivity index (χ0) is 19.3. The van der Waals surface area contributed by atoms with Crippen LogP contribution in [0.2, 0.25) is 5.02 Å². The van der Waals surface area contributed by atoms with Crippen LogP contribution < -0.4 is 15.0 Å². The standard InChI is InChI=1S/C22H23ClN2O3/c1-26-18-6-7-21-19(14-18)20(24-8-9-25-10-12-27-13-11-25)15-22(28-21)16-2-4-17(23)5-3-16/h2-7,14-15H,8-13H2,1H3/p+1. The minimum absolute atomic E-state index is 0.702. The van der Waals surface area contributed by atoms with Crippen molar-refractivity contribution in [2.45, 2.75) is 0 Å². The molecule has 1 saturated heterocycles. The van der Waals surface area contributed by atoms with Gasteiger partial charge in [-0.15, -0.1) is 0 Å². The van der Waals surface area contributed by atoms with E-state index in [2.05, 4.69) is 0 Å². The fraction of sp³-hybridized carbons (Fsp3) is 0.318. The van der Waals surface area contributed by atoms with Crippen molar-refractivity contribution in [3.05, 3.63) is 58.9 Å². The van der Waals surface area contributed by atoms with Gasteiger partial charge in [0.05, 0.1) is 38.8 Å². The number of fused-ring (bicyclic) bond motifs is 1. The van der Waals surface area contributed by atoms with Crippen molar-refractivity contribution in [3.63, 3.8) is 0 Å². The highest BCUT2D eigenvalue weighted by molar-refractivity contribution is 6.30. The summed E-state index contributed by atoms with van der Waals surface area (Å²) in [6.07, 6.45) is 0. The van der Waals surface area contributed by atoms with Gasteiger partial charge >= 0.3 is 0 Å². The predicted molar refractivity (Wildman–Crippen MR) is 110 cm³/mol. The maximum Gasteiger partial charge on any atom is 0.137 e. The Morgan fingerprint density at radius 2 is 1.86 bits per heavy atom. The van der Waals surface area contributed by atoms with E-state index in [4.69, 9.17) is 30.5 Å². The smallest absolute Gasteiger partial charge is 0.137 e. The maximum absolute atomic E-state index is 6.14. The van der Waals surface area contributed by atoms with Crippen LogP contribution in [0.1, 0.15) is 0 Å². The Labute approximate surface area is 169 Å². The van der Waals surface area contributed by atoms with Gasteiger partial charge in [-0.05, 0) is 42.5 Å². The zero-order valence-corrected chi connectivity index (χ0v) is 16.7. The Balaban J connectivity index is 1.72. The Morgan fingerprint density at radius 1 is 1.07 bits per heavy atom. The fourth-order valence-electron chi connectivity index (χ4n) is 3.41. The van der Waals surface area contributed by atoms with Crippen LogP contribution in [-0.2, 0) is 4.74 Å². The van der Waals surface area contributed by atoms with Crippen LogP contribution in [0.15, 0.2) is 57.9 Å². The Bertz CT molecular complexity index is 1010. The molecule has 6 heteroatoms. The molecular formula is C22H24ClN2O3+. The second-order valence-corrected chi connectivity index (χ2v) is 7.30. The van der Waals surface area contributed by atoms with Gasteiger partial charge < -0.3 is 18.8 Å². The summed E-state index contributed by atoms with van der Waals surface area (Å²) in [6.45, 7) is 5.51. The van der Waals surface area contributed by atoms with Gasteiger partial charge in [0.1, 0.15) is 30.2 Å². The third kappa shape index (κ3) is 4.38. The van der Waals surface area contributed by atoms with Gasteiger partial charge in [0, 0.05) is 22.0 Å². The third-order valence-electron chi connectivity index (χ3n) is 5.03. The number of morpholine rings is 1. The molecule has 0 saturated carbocycles. The van der Waals surface area contributed by atoms with E-state index in [0.29, 0.717) is 5.02 Å². The molecule has 1 aromatic heterocycles. The first-order chi connectivity index (χ1) is 13.7. The van der Waals surface area contributed by atoms with Gasteiger partial charge in [0.25, 0.3) is 0 Å². The van der Waals surface area contributed by atoms with Crippen molar-refractivity contribution in [2.75, 3.05) is 46.5 Å². The monoisotopic (exact) mass is 399 g/mol. The molecule has 0 amide bonds. The van der Waals surface area contributed by atoms with Gasteiger partial charge in [0.15, 0.2) is 0 Å². The molecule has 0 unspecified atom stereocenters. The fourth-order valence-corrected chi connectivity index (χ4v) is 3.53. The van der Waals surface area contributed by atoms with E-state index in [0.717, 1.165) is 72.8 Å². The minimum atomic E-state index is 0.702. The van der Waals surface area contributed by atoms with Crippen LogP contribution in [0.3, 0.4) is 0 Å². The topological polar surface area (TPSA) is 48.4 Å². The summed E-state index contributed by atoms with van der Waals surface area (Å²) in [6, 6.07) is 15.5. The van der Waals surface area contributed by atoms with Crippen molar-refractivity contribution in [1.29, 1.82) is 0 Å². The molecule has 28 heavy (non-hydrogen) atoms. The van der Waals surface area contributed by atoms with E-state index in [1.807, 2.05) is 48.5 Å². The highest BCUT2D eigenvalue weighted by Crippen LogP contribution is 2.25. The summed E-state index contributed by atoms with van der Waals surface area (Å²) >= 11 is 6.03. The number of halogens is 1. The molecule has 3 aromatic rings. The summed E-state index contributed by atoms with van der Waals surface area (Å²) in [5.41, 5.74) is 1.75. The third-order valence-corrected chi connectivity index (χ3v) is 5.28. The van der Waals surface area contributed by atoms with E-state index >= 15 is 0 Å². The van der Waals surface area contributed by atoms with Crippen LogP contribution >= 0.6 is 11.6 Å². The summed E-state index contributed by atoms with van der Waals surface area (Å²) < 4.78 is 17.0. The first kappa shape index (κ1) is 19.0. The van der Waals surface area contributed by atoms with Crippen LogP contribution in [0.5, 0.6) is 5.75 Å². The summed E-state index contributed by atoms with van der Waals surface area (Å²) in [5.74, 6) is 1.56. The molecule has 146 valence electrons. The Kier molecular flexibility index (Phi) is 5.95. The molecule has 5 nitrogen and oxygen atoms in total.